The summed E-state index contributed by atoms with van der Waals surface area (Å²) in [6, 6.07) is 10.5. The number of hydrogen-bond acceptors (Lipinski definition) is 3. The predicted molar refractivity (Wildman–Crippen MR) is 90.5 cm³/mol. The number of methoxy groups -OCH3 is 1. The lowest BCUT2D eigenvalue weighted by atomic mass is 9.96. The van der Waals surface area contributed by atoms with Crippen molar-refractivity contribution in [2.24, 2.45) is 0 Å². The third kappa shape index (κ3) is 3.41. The molecule has 2 aromatic carbocycles. The highest BCUT2D eigenvalue weighted by molar-refractivity contribution is 7.89. The molecule has 128 valence electrons. The van der Waals surface area contributed by atoms with Gasteiger partial charge in [-0.05, 0) is 48.7 Å². The van der Waals surface area contributed by atoms with Gasteiger partial charge in [0.25, 0.3) is 0 Å². The molecule has 0 amide bonds. The van der Waals surface area contributed by atoms with E-state index in [9.17, 15) is 12.8 Å². The van der Waals surface area contributed by atoms with Crippen molar-refractivity contribution in [1.82, 2.24) is 4.72 Å². The fourth-order valence-electron chi connectivity index (χ4n) is 2.65. The van der Waals surface area contributed by atoms with Crippen LogP contribution in [0.4, 0.5) is 4.39 Å². The standard InChI is InChI=1S/C17H17ClFNO3S/c1-23-16-7-6-14(10-15(16)18)24(21,22)20-11-17(8-9-17)12-2-4-13(19)5-3-12/h2-7,10,20H,8-9,11H2,1H3. The summed E-state index contributed by atoms with van der Waals surface area (Å²) < 4.78 is 45.7. The molecule has 3 rings (SSSR count). The monoisotopic (exact) mass is 369 g/mol. The Balaban J connectivity index is 1.76. The van der Waals surface area contributed by atoms with Crippen LogP contribution in [0.2, 0.25) is 5.02 Å². The maximum Gasteiger partial charge on any atom is 0.240 e. The second kappa shape index (κ2) is 6.35. The van der Waals surface area contributed by atoms with Crippen molar-refractivity contribution in [3.8, 4) is 5.75 Å². The van der Waals surface area contributed by atoms with E-state index in [-0.39, 0.29) is 27.7 Å². The second-order valence-corrected chi connectivity index (χ2v) is 8.08. The van der Waals surface area contributed by atoms with Gasteiger partial charge in [0.2, 0.25) is 10.0 Å². The van der Waals surface area contributed by atoms with Gasteiger partial charge < -0.3 is 4.74 Å². The van der Waals surface area contributed by atoms with Crippen LogP contribution in [0.1, 0.15) is 18.4 Å². The minimum absolute atomic E-state index is 0.0863. The molecule has 0 bridgehead atoms. The molecule has 0 heterocycles. The smallest absolute Gasteiger partial charge is 0.240 e. The molecule has 0 saturated heterocycles. The molecule has 1 saturated carbocycles. The number of nitrogens with one attached hydrogen (secondary N) is 1. The van der Waals surface area contributed by atoms with E-state index in [4.69, 9.17) is 16.3 Å². The molecule has 1 aliphatic rings. The van der Waals surface area contributed by atoms with E-state index < -0.39 is 10.0 Å². The first-order chi connectivity index (χ1) is 11.4. The van der Waals surface area contributed by atoms with Crippen LogP contribution in [0, 0.1) is 5.82 Å². The van der Waals surface area contributed by atoms with E-state index in [0.29, 0.717) is 5.75 Å². The van der Waals surface area contributed by atoms with Gasteiger partial charge in [0, 0.05) is 12.0 Å². The summed E-state index contributed by atoms with van der Waals surface area (Å²) in [4.78, 5) is 0.0863. The molecule has 4 nitrogen and oxygen atoms in total. The van der Waals surface area contributed by atoms with Gasteiger partial charge in [-0.1, -0.05) is 23.7 Å². The Labute approximate surface area is 145 Å². The van der Waals surface area contributed by atoms with Gasteiger partial charge in [-0.2, -0.15) is 0 Å². The van der Waals surface area contributed by atoms with Gasteiger partial charge in [0.1, 0.15) is 11.6 Å². The third-order valence-corrected chi connectivity index (χ3v) is 6.04. The molecule has 2 aromatic rings. The topological polar surface area (TPSA) is 55.4 Å². The molecule has 1 N–H and O–H groups in total. The molecule has 0 spiro atoms. The fraction of sp³-hybridized carbons (Fsp3) is 0.294. The molecule has 0 atom stereocenters. The Hall–Kier alpha value is -1.63. The Bertz CT molecular complexity index is 849. The molecule has 1 fully saturated rings. The summed E-state index contributed by atoms with van der Waals surface area (Å²) in [5, 5.41) is 0.236. The quantitative estimate of drug-likeness (QED) is 0.847. The van der Waals surface area contributed by atoms with Crippen LogP contribution in [-0.4, -0.2) is 22.1 Å². The Morgan fingerprint density at radius 3 is 2.42 bits per heavy atom. The minimum Gasteiger partial charge on any atom is -0.495 e. The molecular weight excluding hydrogens is 353 g/mol. The van der Waals surface area contributed by atoms with Crippen LogP contribution >= 0.6 is 11.6 Å². The van der Waals surface area contributed by atoms with Gasteiger partial charge in [-0.3, -0.25) is 0 Å². The normalized spacial score (nSPS) is 16.0. The van der Waals surface area contributed by atoms with Gasteiger partial charge in [-0.15, -0.1) is 0 Å². The SMILES string of the molecule is COc1ccc(S(=O)(=O)NCC2(c3ccc(F)cc3)CC2)cc1Cl. The molecule has 0 radical (unpaired) electrons. The van der Waals surface area contributed by atoms with E-state index in [2.05, 4.69) is 4.72 Å². The van der Waals surface area contributed by atoms with E-state index in [0.717, 1.165) is 18.4 Å². The van der Waals surface area contributed by atoms with Crippen LogP contribution in [0.25, 0.3) is 0 Å². The molecule has 1 aliphatic carbocycles. The van der Waals surface area contributed by atoms with Crippen molar-refractivity contribution in [2.75, 3.05) is 13.7 Å². The van der Waals surface area contributed by atoms with E-state index in [1.54, 1.807) is 12.1 Å². The largest absolute Gasteiger partial charge is 0.495 e. The molecule has 24 heavy (non-hydrogen) atoms. The number of halogens is 2. The van der Waals surface area contributed by atoms with Gasteiger partial charge in [0.15, 0.2) is 0 Å². The van der Waals surface area contributed by atoms with Gasteiger partial charge in [-0.25, -0.2) is 17.5 Å². The van der Waals surface area contributed by atoms with E-state index in [1.807, 2.05) is 0 Å². The number of ether oxygens (including phenoxy) is 1. The van der Waals surface area contributed by atoms with Crippen molar-refractivity contribution in [2.45, 2.75) is 23.2 Å². The van der Waals surface area contributed by atoms with Crippen LogP contribution in [0.3, 0.4) is 0 Å². The average Bonchev–Trinajstić information content (AvgIpc) is 3.35. The van der Waals surface area contributed by atoms with Crippen molar-refractivity contribution in [3.05, 3.63) is 58.9 Å². The first-order valence-electron chi connectivity index (χ1n) is 7.46. The number of benzene rings is 2. The zero-order chi connectivity index (χ0) is 17.4. The summed E-state index contributed by atoms with van der Waals surface area (Å²) in [6.07, 6.45) is 1.73. The van der Waals surface area contributed by atoms with Crippen LogP contribution < -0.4 is 9.46 Å². The first-order valence-corrected chi connectivity index (χ1v) is 9.32. The number of sulfonamides is 1. The lowest BCUT2D eigenvalue weighted by molar-refractivity contribution is 0.414. The van der Waals surface area contributed by atoms with E-state index in [1.165, 1.54) is 37.4 Å². The third-order valence-electron chi connectivity index (χ3n) is 4.34. The average molecular weight is 370 g/mol. The number of rotatable bonds is 6. The molecule has 7 heteroatoms. The molecular formula is C17H17ClFNO3S. The van der Waals surface area contributed by atoms with Gasteiger partial charge >= 0.3 is 0 Å². The molecule has 0 unspecified atom stereocenters. The predicted octanol–water partition coefficient (Wildman–Crippen LogP) is 3.50. The highest BCUT2D eigenvalue weighted by atomic mass is 35.5. The first kappa shape index (κ1) is 17.2. The van der Waals surface area contributed by atoms with Crippen molar-refractivity contribution >= 4 is 21.6 Å². The summed E-state index contributed by atoms with van der Waals surface area (Å²) in [5.41, 5.74) is 0.691. The van der Waals surface area contributed by atoms with Gasteiger partial charge in [0.05, 0.1) is 17.0 Å². The summed E-state index contributed by atoms with van der Waals surface area (Å²) in [6.45, 7) is 0.268. The van der Waals surface area contributed by atoms with Crippen molar-refractivity contribution in [1.29, 1.82) is 0 Å². The number of hydrogen-bond donors (Lipinski definition) is 1. The maximum atomic E-state index is 13.1. The lowest BCUT2D eigenvalue weighted by Gasteiger charge is -2.17. The fourth-order valence-corrected chi connectivity index (χ4v) is 4.13. The zero-order valence-corrected chi connectivity index (χ0v) is 14.6. The summed E-state index contributed by atoms with van der Waals surface area (Å²) >= 11 is 6.00. The van der Waals surface area contributed by atoms with Crippen LogP contribution in [0.5, 0.6) is 5.75 Å². The Morgan fingerprint density at radius 2 is 1.88 bits per heavy atom. The Kier molecular flexibility index (Phi) is 4.55. The highest BCUT2D eigenvalue weighted by Gasteiger charge is 2.44. The molecule has 0 aromatic heterocycles. The van der Waals surface area contributed by atoms with E-state index >= 15 is 0 Å². The lowest BCUT2D eigenvalue weighted by Crippen LogP contribution is -2.32. The minimum atomic E-state index is -3.68. The summed E-state index contributed by atoms with van der Waals surface area (Å²) in [5.74, 6) is 0.114. The Morgan fingerprint density at radius 1 is 1.21 bits per heavy atom. The summed E-state index contributed by atoms with van der Waals surface area (Å²) in [7, 11) is -2.22. The van der Waals surface area contributed by atoms with Crippen molar-refractivity contribution in [3.63, 3.8) is 0 Å². The van der Waals surface area contributed by atoms with Crippen LogP contribution in [0.15, 0.2) is 47.4 Å². The maximum absolute atomic E-state index is 13.1. The van der Waals surface area contributed by atoms with Crippen molar-refractivity contribution < 1.29 is 17.5 Å². The zero-order valence-electron chi connectivity index (χ0n) is 13.1. The molecule has 0 aliphatic heterocycles. The van der Waals surface area contributed by atoms with Crippen LogP contribution in [-0.2, 0) is 15.4 Å². The second-order valence-electron chi connectivity index (χ2n) is 5.91. The highest BCUT2D eigenvalue weighted by Crippen LogP contribution is 2.47.